The fourth-order valence-electron chi connectivity index (χ4n) is 4.74. The van der Waals surface area contributed by atoms with E-state index >= 15 is 0 Å². The number of carbonyl (C=O) groups excluding carboxylic acids is 2. The average Bonchev–Trinajstić information content (AvgIpc) is 3.13. The molecule has 172 valence electrons. The van der Waals surface area contributed by atoms with Crippen LogP contribution in [0.15, 0.2) is 78.5 Å². The van der Waals surface area contributed by atoms with Crippen molar-refractivity contribution >= 4 is 23.1 Å². The Balaban J connectivity index is 1.62. The molecule has 0 bridgehead atoms. The average molecular weight is 455 g/mol. The van der Waals surface area contributed by atoms with Crippen molar-refractivity contribution in [3.8, 4) is 11.5 Å². The summed E-state index contributed by atoms with van der Waals surface area (Å²) in [6.07, 6.45) is 1.86. The number of hydrogen-bond acceptors (Lipinski definition) is 5. The highest BCUT2D eigenvalue weighted by molar-refractivity contribution is 6.36. The van der Waals surface area contributed by atoms with E-state index in [1.165, 1.54) is 10.5 Å². The molecular formula is C28H26N2O4. The molecule has 5 rings (SSSR count). The minimum atomic E-state index is -0.306. The van der Waals surface area contributed by atoms with E-state index in [1.807, 2.05) is 71.6 Å². The number of rotatable bonds is 6. The van der Waals surface area contributed by atoms with Gasteiger partial charge >= 0.3 is 0 Å². The Morgan fingerprint density at radius 1 is 0.824 bits per heavy atom. The van der Waals surface area contributed by atoms with Crippen LogP contribution in [-0.2, 0) is 22.6 Å². The van der Waals surface area contributed by atoms with Gasteiger partial charge in [-0.3, -0.25) is 14.5 Å². The van der Waals surface area contributed by atoms with Crippen LogP contribution in [0.3, 0.4) is 0 Å². The molecule has 2 aliphatic rings. The number of aryl methyl sites for hydroxylation is 1. The molecule has 0 N–H and O–H groups in total. The predicted octanol–water partition coefficient (Wildman–Crippen LogP) is 4.44. The summed E-state index contributed by atoms with van der Waals surface area (Å²) in [5.74, 6) is 0.736. The van der Waals surface area contributed by atoms with Crippen LogP contribution in [0.5, 0.6) is 11.5 Å². The van der Waals surface area contributed by atoms with Gasteiger partial charge in [0.05, 0.1) is 26.3 Å². The molecule has 0 aromatic heterocycles. The van der Waals surface area contributed by atoms with Crippen molar-refractivity contribution < 1.29 is 19.1 Å². The highest BCUT2D eigenvalue weighted by atomic mass is 16.5. The van der Waals surface area contributed by atoms with Crippen molar-refractivity contribution in [1.29, 1.82) is 0 Å². The highest BCUT2D eigenvalue weighted by Gasteiger charge is 2.43. The number of amides is 2. The Bertz CT molecular complexity index is 1280. The zero-order valence-corrected chi connectivity index (χ0v) is 19.3. The summed E-state index contributed by atoms with van der Waals surface area (Å²) in [7, 11) is 3.19. The SMILES string of the molecule is COc1ccc(C2=C(N3CCCc4ccccc43)C(=O)N(Cc3ccccc3OC)C2=O)cc1. The first-order chi connectivity index (χ1) is 16.6. The molecule has 3 aromatic rings. The molecule has 0 spiro atoms. The van der Waals surface area contributed by atoms with Gasteiger partial charge in [-0.25, -0.2) is 0 Å². The monoisotopic (exact) mass is 454 g/mol. The lowest BCUT2D eigenvalue weighted by molar-refractivity contribution is -0.137. The van der Waals surface area contributed by atoms with Crippen molar-refractivity contribution in [3.63, 3.8) is 0 Å². The van der Waals surface area contributed by atoms with E-state index < -0.39 is 0 Å². The molecule has 6 heteroatoms. The van der Waals surface area contributed by atoms with Crippen LogP contribution in [-0.4, -0.2) is 37.5 Å². The predicted molar refractivity (Wildman–Crippen MR) is 131 cm³/mol. The van der Waals surface area contributed by atoms with Gasteiger partial charge in [-0.15, -0.1) is 0 Å². The number of imide groups is 1. The number of para-hydroxylation sites is 2. The molecule has 0 atom stereocenters. The Morgan fingerprint density at radius 3 is 2.32 bits per heavy atom. The van der Waals surface area contributed by atoms with Crippen molar-refractivity contribution in [3.05, 3.63) is 95.2 Å². The Labute approximate surface area is 199 Å². The second-order valence-corrected chi connectivity index (χ2v) is 8.34. The van der Waals surface area contributed by atoms with Crippen molar-refractivity contribution in [2.24, 2.45) is 0 Å². The summed E-state index contributed by atoms with van der Waals surface area (Å²) in [4.78, 5) is 31.0. The van der Waals surface area contributed by atoms with Crippen molar-refractivity contribution in [1.82, 2.24) is 4.90 Å². The molecule has 2 heterocycles. The second kappa shape index (κ2) is 9.06. The van der Waals surface area contributed by atoms with E-state index in [0.717, 1.165) is 24.1 Å². The molecule has 6 nitrogen and oxygen atoms in total. The molecule has 2 aliphatic heterocycles. The van der Waals surface area contributed by atoms with E-state index in [9.17, 15) is 9.59 Å². The fraction of sp³-hybridized carbons (Fsp3) is 0.214. The summed E-state index contributed by atoms with van der Waals surface area (Å²) in [5.41, 5.74) is 4.48. The maximum atomic E-state index is 13.9. The first-order valence-electron chi connectivity index (χ1n) is 11.3. The lowest BCUT2D eigenvalue weighted by atomic mass is 9.98. The number of ether oxygens (including phenoxy) is 2. The normalized spacial score (nSPS) is 15.6. The van der Waals surface area contributed by atoms with Gasteiger partial charge < -0.3 is 14.4 Å². The quantitative estimate of drug-likeness (QED) is 0.516. The van der Waals surface area contributed by atoms with E-state index in [0.29, 0.717) is 34.9 Å². The number of nitrogens with zero attached hydrogens (tertiary/aromatic N) is 2. The van der Waals surface area contributed by atoms with Crippen LogP contribution < -0.4 is 14.4 Å². The Kier molecular flexibility index (Phi) is 5.80. The summed E-state index contributed by atoms with van der Waals surface area (Å²) in [6, 6.07) is 22.8. The van der Waals surface area contributed by atoms with Gasteiger partial charge in [0, 0.05) is 17.8 Å². The van der Waals surface area contributed by atoms with E-state index in [-0.39, 0.29) is 18.4 Å². The molecule has 0 saturated heterocycles. The van der Waals surface area contributed by atoms with Gasteiger partial charge in [0.15, 0.2) is 0 Å². The fourth-order valence-corrected chi connectivity index (χ4v) is 4.74. The van der Waals surface area contributed by atoms with Crippen LogP contribution in [0, 0.1) is 0 Å². The minimum Gasteiger partial charge on any atom is -0.497 e. The number of hydrogen-bond donors (Lipinski definition) is 0. The first kappa shape index (κ1) is 21.8. The second-order valence-electron chi connectivity index (χ2n) is 8.34. The van der Waals surface area contributed by atoms with E-state index in [2.05, 4.69) is 6.07 Å². The van der Waals surface area contributed by atoms with Crippen LogP contribution in [0.1, 0.15) is 23.1 Å². The third kappa shape index (κ3) is 3.71. The number of anilines is 1. The molecule has 2 amide bonds. The summed E-state index contributed by atoms with van der Waals surface area (Å²) >= 11 is 0. The number of methoxy groups -OCH3 is 2. The van der Waals surface area contributed by atoms with Crippen molar-refractivity contribution in [2.45, 2.75) is 19.4 Å². The molecule has 0 fully saturated rings. The third-order valence-corrected chi connectivity index (χ3v) is 6.42. The summed E-state index contributed by atoms with van der Waals surface area (Å²) < 4.78 is 10.8. The topological polar surface area (TPSA) is 59.1 Å². The van der Waals surface area contributed by atoms with Gasteiger partial charge in [0.25, 0.3) is 11.8 Å². The lowest BCUT2D eigenvalue weighted by Gasteiger charge is -2.32. The molecular weight excluding hydrogens is 428 g/mol. The Morgan fingerprint density at radius 2 is 1.56 bits per heavy atom. The molecule has 3 aromatic carbocycles. The van der Waals surface area contributed by atoms with Gasteiger partial charge in [-0.05, 0) is 48.2 Å². The van der Waals surface area contributed by atoms with Gasteiger partial charge in [0.2, 0.25) is 0 Å². The van der Waals surface area contributed by atoms with Gasteiger partial charge in [-0.2, -0.15) is 0 Å². The maximum absolute atomic E-state index is 13.9. The zero-order valence-electron chi connectivity index (χ0n) is 19.3. The van der Waals surface area contributed by atoms with Crippen molar-refractivity contribution in [2.75, 3.05) is 25.7 Å². The molecule has 0 radical (unpaired) electrons. The first-order valence-corrected chi connectivity index (χ1v) is 11.3. The van der Waals surface area contributed by atoms with Crippen LogP contribution in [0.25, 0.3) is 5.57 Å². The van der Waals surface area contributed by atoms with E-state index in [4.69, 9.17) is 9.47 Å². The Hall–Kier alpha value is -4.06. The van der Waals surface area contributed by atoms with Crippen LogP contribution in [0.2, 0.25) is 0 Å². The molecule has 0 saturated carbocycles. The van der Waals surface area contributed by atoms with Crippen LogP contribution >= 0.6 is 0 Å². The third-order valence-electron chi connectivity index (χ3n) is 6.42. The summed E-state index contributed by atoms with van der Waals surface area (Å²) in [5, 5.41) is 0. The maximum Gasteiger partial charge on any atom is 0.278 e. The van der Waals surface area contributed by atoms with Gasteiger partial charge in [0.1, 0.15) is 17.2 Å². The van der Waals surface area contributed by atoms with Gasteiger partial charge in [-0.1, -0.05) is 48.5 Å². The molecule has 34 heavy (non-hydrogen) atoms. The number of fused-ring (bicyclic) bond motifs is 1. The van der Waals surface area contributed by atoms with Crippen LogP contribution in [0.4, 0.5) is 5.69 Å². The highest BCUT2D eigenvalue weighted by Crippen LogP contribution is 2.39. The minimum absolute atomic E-state index is 0.139. The lowest BCUT2D eigenvalue weighted by Crippen LogP contribution is -2.36. The largest absolute Gasteiger partial charge is 0.497 e. The zero-order chi connectivity index (χ0) is 23.7. The summed E-state index contributed by atoms with van der Waals surface area (Å²) in [6.45, 7) is 0.813. The smallest absolute Gasteiger partial charge is 0.278 e. The standard InChI is InChI=1S/C28H26N2O4/c1-33-22-15-13-20(14-16-22)25-26(29-17-7-10-19-8-3-5-11-23(19)29)28(32)30(27(25)31)18-21-9-4-6-12-24(21)34-2/h3-6,8-9,11-16H,7,10,17-18H2,1-2H3. The van der Waals surface area contributed by atoms with E-state index in [1.54, 1.807) is 14.2 Å². The number of benzene rings is 3. The molecule has 0 unspecified atom stereocenters. The number of carbonyl (C=O) groups is 2. The molecule has 0 aliphatic carbocycles.